The second-order valence-corrected chi connectivity index (χ2v) is 5.80. The second kappa shape index (κ2) is 7.28. The van der Waals surface area contributed by atoms with Crippen LogP contribution in [-0.2, 0) is 13.1 Å². The molecule has 0 aliphatic rings. The summed E-state index contributed by atoms with van der Waals surface area (Å²) in [5.74, 6) is 1.05. The molecule has 114 valence electrons. The van der Waals surface area contributed by atoms with Gasteiger partial charge in [0.05, 0.1) is 6.54 Å². The van der Waals surface area contributed by atoms with E-state index in [1.54, 1.807) is 0 Å². The van der Waals surface area contributed by atoms with Gasteiger partial charge in [0.15, 0.2) is 0 Å². The maximum atomic E-state index is 5.97. The zero-order chi connectivity index (χ0) is 15.2. The Morgan fingerprint density at radius 2 is 1.68 bits per heavy atom. The van der Waals surface area contributed by atoms with Crippen molar-refractivity contribution in [2.24, 2.45) is 0 Å². The third-order valence-corrected chi connectivity index (χ3v) is 3.93. The summed E-state index contributed by atoms with van der Waals surface area (Å²) in [6.07, 6.45) is 2.43. The summed E-state index contributed by atoms with van der Waals surface area (Å²) in [6, 6.07) is 21.0. The van der Waals surface area contributed by atoms with E-state index < -0.39 is 0 Å². The first-order chi connectivity index (χ1) is 10.8. The van der Waals surface area contributed by atoms with Crippen LogP contribution in [0.1, 0.15) is 31.1 Å². The summed E-state index contributed by atoms with van der Waals surface area (Å²) in [6.45, 7) is 5.17. The number of furan rings is 1. The second-order valence-electron chi connectivity index (χ2n) is 5.80. The summed E-state index contributed by atoms with van der Waals surface area (Å²) < 4.78 is 5.97. The number of nitrogens with zero attached hydrogens (tertiary/aromatic N) is 1. The molecular weight excluding hydrogens is 270 g/mol. The number of para-hydroxylation sites is 1. The molecule has 0 N–H and O–H groups in total. The Balaban J connectivity index is 1.73. The van der Waals surface area contributed by atoms with Gasteiger partial charge in [0.1, 0.15) is 11.3 Å². The Labute approximate surface area is 132 Å². The van der Waals surface area contributed by atoms with Crippen LogP contribution in [0.25, 0.3) is 11.0 Å². The van der Waals surface area contributed by atoms with Crippen molar-refractivity contribution in [1.29, 1.82) is 0 Å². The Hall–Kier alpha value is -2.06. The highest BCUT2D eigenvalue weighted by molar-refractivity contribution is 5.77. The van der Waals surface area contributed by atoms with Gasteiger partial charge in [-0.3, -0.25) is 4.90 Å². The first-order valence-corrected chi connectivity index (χ1v) is 8.09. The van der Waals surface area contributed by atoms with Gasteiger partial charge in [-0.15, -0.1) is 0 Å². The fraction of sp³-hybridized carbons (Fsp3) is 0.300. The van der Waals surface area contributed by atoms with Crippen molar-refractivity contribution in [1.82, 2.24) is 4.90 Å². The largest absolute Gasteiger partial charge is 0.460 e. The van der Waals surface area contributed by atoms with Crippen molar-refractivity contribution in [2.75, 3.05) is 6.54 Å². The monoisotopic (exact) mass is 293 g/mol. The zero-order valence-electron chi connectivity index (χ0n) is 13.2. The van der Waals surface area contributed by atoms with Crippen LogP contribution >= 0.6 is 0 Å². The van der Waals surface area contributed by atoms with E-state index in [-0.39, 0.29) is 0 Å². The first kappa shape index (κ1) is 14.9. The van der Waals surface area contributed by atoms with Gasteiger partial charge in [-0.2, -0.15) is 0 Å². The standard InChI is InChI=1S/C20H23NO/c1-2-3-13-21(15-17-9-5-4-6-10-17)16-19-14-18-11-7-8-12-20(18)22-19/h4-12,14H,2-3,13,15-16H2,1H3. The number of hydrogen-bond acceptors (Lipinski definition) is 2. The molecule has 2 nitrogen and oxygen atoms in total. The van der Waals surface area contributed by atoms with Gasteiger partial charge >= 0.3 is 0 Å². The van der Waals surface area contributed by atoms with Crippen LogP contribution in [-0.4, -0.2) is 11.4 Å². The molecule has 0 unspecified atom stereocenters. The fourth-order valence-electron chi connectivity index (χ4n) is 2.77. The fourth-order valence-corrected chi connectivity index (χ4v) is 2.77. The van der Waals surface area contributed by atoms with Gasteiger partial charge in [-0.25, -0.2) is 0 Å². The summed E-state index contributed by atoms with van der Waals surface area (Å²) in [4.78, 5) is 2.47. The van der Waals surface area contributed by atoms with Crippen LogP contribution in [0.2, 0.25) is 0 Å². The van der Waals surface area contributed by atoms with Crippen molar-refractivity contribution in [3.63, 3.8) is 0 Å². The number of benzene rings is 2. The average Bonchev–Trinajstić information content (AvgIpc) is 2.96. The molecule has 0 aliphatic heterocycles. The Bertz CT molecular complexity index is 669. The van der Waals surface area contributed by atoms with Gasteiger partial charge < -0.3 is 4.42 Å². The van der Waals surface area contributed by atoms with Crippen molar-refractivity contribution in [3.05, 3.63) is 72.0 Å². The minimum atomic E-state index is 0.865. The molecule has 3 rings (SSSR count). The lowest BCUT2D eigenvalue weighted by Gasteiger charge is -2.21. The minimum absolute atomic E-state index is 0.865. The van der Waals surface area contributed by atoms with Gasteiger partial charge in [0, 0.05) is 11.9 Å². The molecule has 1 aromatic heterocycles. The van der Waals surface area contributed by atoms with Crippen LogP contribution in [0.15, 0.2) is 65.1 Å². The zero-order valence-corrected chi connectivity index (χ0v) is 13.2. The van der Waals surface area contributed by atoms with E-state index in [0.29, 0.717) is 0 Å². The predicted octanol–water partition coefficient (Wildman–Crippen LogP) is 5.24. The maximum absolute atomic E-state index is 5.97. The highest BCUT2D eigenvalue weighted by Gasteiger charge is 2.10. The van der Waals surface area contributed by atoms with Gasteiger partial charge in [0.25, 0.3) is 0 Å². The van der Waals surface area contributed by atoms with E-state index in [9.17, 15) is 0 Å². The Kier molecular flexibility index (Phi) is 4.92. The lowest BCUT2D eigenvalue weighted by Crippen LogP contribution is -2.23. The quantitative estimate of drug-likeness (QED) is 0.592. The van der Waals surface area contributed by atoms with Crippen LogP contribution < -0.4 is 0 Å². The third-order valence-electron chi connectivity index (χ3n) is 3.93. The van der Waals surface area contributed by atoms with E-state index in [2.05, 4.69) is 60.4 Å². The smallest absolute Gasteiger partial charge is 0.134 e. The van der Waals surface area contributed by atoms with Gasteiger partial charge in [-0.05, 0) is 30.7 Å². The predicted molar refractivity (Wildman–Crippen MR) is 91.7 cm³/mol. The number of hydrogen-bond donors (Lipinski definition) is 0. The molecule has 0 fully saturated rings. The van der Waals surface area contributed by atoms with E-state index >= 15 is 0 Å². The molecule has 1 heterocycles. The molecular formula is C20H23NO. The summed E-state index contributed by atoms with van der Waals surface area (Å²) in [5, 5.41) is 1.19. The Morgan fingerprint density at radius 3 is 2.45 bits per heavy atom. The highest BCUT2D eigenvalue weighted by atomic mass is 16.3. The van der Waals surface area contributed by atoms with Gasteiger partial charge in [0.2, 0.25) is 0 Å². The van der Waals surface area contributed by atoms with Crippen molar-refractivity contribution >= 4 is 11.0 Å². The minimum Gasteiger partial charge on any atom is -0.460 e. The van der Waals surface area contributed by atoms with Crippen molar-refractivity contribution in [3.8, 4) is 0 Å². The average molecular weight is 293 g/mol. The van der Waals surface area contributed by atoms with E-state index in [0.717, 1.165) is 31.0 Å². The van der Waals surface area contributed by atoms with Crippen LogP contribution in [0.3, 0.4) is 0 Å². The number of unbranched alkanes of at least 4 members (excludes halogenated alkanes) is 1. The molecule has 2 aromatic carbocycles. The lowest BCUT2D eigenvalue weighted by atomic mass is 10.2. The summed E-state index contributed by atoms with van der Waals surface area (Å²) >= 11 is 0. The van der Waals surface area contributed by atoms with E-state index in [1.165, 1.54) is 23.8 Å². The summed E-state index contributed by atoms with van der Waals surface area (Å²) in [7, 11) is 0. The third kappa shape index (κ3) is 3.77. The van der Waals surface area contributed by atoms with Crippen molar-refractivity contribution < 1.29 is 4.42 Å². The molecule has 2 heteroatoms. The number of fused-ring (bicyclic) bond motifs is 1. The molecule has 0 bridgehead atoms. The SMILES string of the molecule is CCCCN(Cc1ccccc1)Cc1cc2ccccc2o1. The van der Waals surface area contributed by atoms with Crippen LogP contribution in [0.5, 0.6) is 0 Å². The molecule has 22 heavy (non-hydrogen) atoms. The summed E-state index contributed by atoms with van der Waals surface area (Å²) in [5.41, 5.74) is 2.34. The molecule has 3 aromatic rings. The van der Waals surface area contributed by atoms with Crippen LogP contribution in [0, 0.1) is 0 Å². The van der Waals surface area contributed by atoms with E-state index in [4.69, 9.17) is 4.42 Å². The molecule has 0 saturated carbocycles. The first-order valence-electron chi connectivity index (χ1n) is 8.09. The normalized spacial score (nSPS) is 11.4. The lowest BCUT2D eigenvalue weighted by molar-refractivity contribution is 0.234. The molecule has 0 aliphatic carbocycles. The molecule has 0 radical (unpaired) electrons. The van der Waals surface area contributed by atoms with Crippen molar-refractivity contribution in [2.45, 2.75) is 32.9 Å². The molecule has 0 spiro atoms. The Morgan fingerprint density at radius 1 is 0.909 bits per heavy atom. The molecule has 0 atom stereocenters. The molecule has 0 amide bonds. The topological polar surface area (TPSA) is 16.4 Å². The maximum Gasteiger partial charge on any atom is 0.134 e. The highest BCUT2D eigenvalue weighted by Crippen LogP contribution is 2.21. The van der Waals surface area contributed by atoms with Crippen LogP contribution in [0.4, 0.5) is 0 Å². The van der Waals surface area contributed by atoms with E-state index in [1.807, 2.05) is 12.1 Å². The number of rotatable bonds is 7. The van der Waals surface area contributed by atoms with Gasteiger partial charge in [-0.1, -0.05) is 61.9 Å². The molecule has 0 saturated heterocycles.